The molecule has 2 N–H and O–H groups in total. The summed E-state index contributed by atoms with van der Waals surface area (Å²) < 4.78 is 13.2. The molecule has 0 aliphatic carbocycles. The van der Waals surface area contributed by atoms with Gasteiger partial charge in [-0.2, -0.15) is 0 Å². The van der Waals surface area contributed by atoms with Crippen LogP contribution in [0.2, 0.25) is 0 Å². The highest BCUT2D eigenvalue weighted by Crippen LogP contribution is 2.22. The molecule has 15 heavy (non-hydrogen) atoms. The Morgan fingerprint density at radius 1 is 1.60 bits per heavy atom. The molecule has 1 rings (SSSR count). The maximum absolute atomic E-state index is 13.2. The van der Waals surface area contributed by atoms with Crippen LogP contribution in [0.5, 0.6) is 0 Å². The number of nitro benzene ring substituents is 1. The van der Waals surface area contributed by atoms with E-state index in [0.29, 0.717) is 0 Å². The number of hydrogen-bond acceptors (Lipinski definition) is 4. The quantitative estimate of drug-likeness (QED) is 0.464. The smallest absolute Gasteiger partial charge is 0.283 e. The van der Waals surface area contributed by atoms with Gasteiger partial charge in [-0.3, -0.25) is 14.9 Å². The fourth-order valence-electron chi connectivity index (χ4n) is 1.14. The first-order chi connectivity index (χ1) is 6.95. The van der Waals surface area contributed by atoms with E-state index in [1.54, 1.807) is 0 Å². The van der Waals surface area contributed by atoms with Crippen molar-refractivity contribution in [1.82, 2.24) is 0 Å². The van der Waals surface area contributed by atoms with Crippen LogP contribution in [0.25, 0.3) is 0 Å². The van der Waals surface area contributed by atoms with Crippen molar-refractivity contribution >= 4 is 11.5 Å². The molecule has 0 spiro atoms. The minimum atomic E-state index is -0.972. The first kappa shape index (κ1) is 11.3. The zero-order valence-electron chi connectivity index (χ0n) is 7.94. The van der Waals surface area contributed by atoms with Crippen LogP contribution in [0.15, 0.2) is 18.2 Å². The molecule has 1 atom stereocenters. The zero-order chi connectivity index (χ0) is 11.6. The molecule has 6 heteroatoms. The highest BCUT2D eigenvalue weighted by atomic mass is 19.1. The van der Waals surface area contributed by atoms with Crippen molar-refractivity contribution in [2.45, 2.75) is 13.0 Å². The number of nitrogens with two attached hydrogens (primary N) is 1. The highest BCUT2D eigenvalue weighted by molar-refractivity contribution is 6.03. The molecule has 0 heterocycles. The summed E-state index contributed by atoms with van der Waals surface area (Å²) in [6.45, 7) is 1.35. The van der Waals surface area contributed by atoms with Crippen molar-refractivity contribution < 1.29 is 14.1 Å². The Bertz CT molecular complexity index is 418. The molecule has 0 radical (unpaired) electrons. The van der Waals surface area contributed by atoms with Crippen LogP contribution in [-0.4, -0.2) is 16.7 Å². The number of halogens is 1. The molecule has 0 bridgehead atoms. The number of hydrogen-bond donors (Lipinski definition) is 1. The fourth-order valence-corrected chi connectivity index (χ4v) is 1.14. The van der Waals surface area contributed by atoms with Gasteiger partial charge in [-0.1, -0.05) is 6.07 Å². The lowest BCUT2D eigenvalue weighted by Crippen LogP contribution is -2.28. The number of benzene rings is 1. The van der Waals surface area contributed by atoms with Gasteiger partial charge in [0.25, 0.3) is 5.69 Å². The predicted molar refractivity (Wildman–Crippen MR) is 51.0 cm³/mol. The Balaban J connectivity index is 3.37. The minimum absolute atomic E-state index is 0.558. The van der Waals surface area contributed by atoms with Crippen LogP contribution in [0.1, 0.15) is 17.3 Å². The molecule has 1 aromatic rings. The van der Waals surface area contributed by atoms with E-state index in [2.05, 4.69) is 0 Å². The Kier molecular flexibility index (Phi) is 3.11. The number of nitro groups is 1. The van der Waals surface area contributed by atoms with Gasteiger partial charge in [0.2, 0.25) is 0 Å². The number of nitrogens with zero attached hydrogens (tertiary/aromatic N) is 1. The molecule has 0 saturated heterocycles. The molecular weight excluding hydrogens is 203 g/mol. The molecule has 0 aliphatic rings. The SMILES string of the molecule is CC(N)C(=O)c1c(F)cccc1[N+](=O)[O-]. The third-order valence-electron chi connectivity index (χ3n) is 1.85. The van der Waals surface area contributed by atoms with E-state index in [9.17, 15) is 19.3 Å². The van der Waals surface area contributed by atoms with Gasteiger partial charge in [0, 0.05) is 6.07 Å². The van der Waals surface area contributed by atoms with E-state index in [1.165, 1.54) is 13.0 Å². The number of Topliss-reactive ketones (excluding diaryl/α,β-unsaturated/α-hetero) is 1. The maximum atomic E-state index is 13.2. The van der Waals surface area contributed by atoms with Gasteiger partial charge in [0.15, 0.2) is 5.78 Å². The standard InChI is InChI=1S/C9H9FN2O3/c1-5(11)9(13)8-6(10)3-2-4-7(8)12(14)15/h2-5H,11H2,1H3. The van der Waals surface area contributed by atoms with E-state index in [4.69, 9.17) is 5.73 Å². The van der Waals surface area contributed by atoms with Crippen molar-refractivity contribution in [3.05, 3.63) is 39.7 Å². The van der Waals surface area contributed by atoms with E-state index in [-0.39, 0.29) is 0 Å². The summed E-state index contributed by atoms with van der Waals surface area (Å²) in [7, 11) is 0. The van der Waals surface area contributed by atoms with Crippen LogP contribution >= 0.6 is 0 Å². The molecular formula is C9H9FN2O3. The topological polar surface area (TPSA) is 86.2 Å². The summed E-state index contributed by atoms with van der Waals surface area (Å²) >= 11 is 0. The van der Waals surface area contributed by atoms with Gasteiger partial charge in [-0.15, -0.1) is 0 Å². The van der Waals surface area contributed by atoms with Crippen molar-refractivity contribution in [2.75, 3.05) is 0 Å². The normalized spacial score (nSPS) is 12.2. The summed E-state index contributed by atoms with van der Waals surface area (Å²) in [5, 5.41) is 10.5. The number of carbonyl (C=O) groups is 1. The van der Waals surface area contributed by atoms with Gasteiger partial charge in [0.1, 0.15) is 11.4 Å². The van der Waals surface area contributed by atoms with Gasteiger partial charge >= 0.3 is 0 Å². The third-order valence-corrected chi connectivity index (χ3v) is 1.85. The third kappa shape index (κ3) is 2.16. The second-order valence-electron chi connectivity index (χ2n) is 3.04. The zero-order valence-corrected chi connectivity index (χ0v) is 7.94. The molecule has 1 aromatic carbocycles. The Morgan fingerprint density at radius 2 is 2.20 bits per heavy atom. The summed E-state index contributed by atoms with van der Waals surface area (Å²) in [4.78, 5) is 21.2. The summed E-state index contributed by atoms with van der Waals surface area (Å²) in [5.41, 5.74) is 4.15. The van der Waals surface area contributed by atoms with Crippen LogP contribution in [0.3, 0.4) is 0 Å². The predicted octanol–water partition coefficient (Wildman–Crippen LogP) is 1.26. The van der Waals surface area contributed by atoms with Crippen molar-refractivity contribution in [2.24, 2.45) is 5.73 Å². The van der Waals surface area contributed by atoms with E-state index in [0.717, 1.165) is 12.1 Å². The average Bonchev–Trinajstić information content (AvgIpc) is 2.16. The lowest BCUT2D eigenvalue weighted by atomic mass is 10.0. The highest BCUT2D eigenvalue weighted by Gasteiger charge is 2.26. The van der Waals surface area contributed by atoms with Crippen LogP contribution in [-0.2, 0) is 0 Å². The molecule has 0 amide bonds. The lowest BCUT2D eigenvalue weighted by molar-refractivity contribution is -0.385. The van der Waals surface area contributed by atoms with Crippen LogP contribution in [0, 0.1) is 15.9 Å². The van der Waals surface area contributed by atoms with Gasteiger partial charge < -0.3 is 5.73 Å². The first-order valence-corrected chi connectivity index (χ1v) is 4.18. The Labute approximate surface area is 84.8 Å². The molecule has 5 nitrogen and oxygen atoms in total. The lowest BCUT2D eigenvalue weighted by Gasteiger charge is -2.05. The largest absolute Gasteiger partial charge is 0.321 e. The van der Waals surface area contributed by atoms with Gasteiger partial charge in [0.05, 0.1) is 11.0 Å². The minimum Gasteiger partial charge on any atom is -0.321 e. The monoisotopic (exact) mass is 212 g/mol. The maximum Gasteiger partial charge on any atom is 0.283 e. The molecule has 0 aromatic heterocycles. The second-order valence-corrected chi connectivity index (χ2v) is 3.04. The molecule has 1 unspecified atom stereocenters. The fraction of sp³-hybridized carbons (Fsp3) is 0.222. The molecule has 0 fully saturated rings. The number of ketones is 1. The van der Waals surface area contributed by atoms with E-state index in [1.807, 2.05) is 0 Å². The van der Waals surface area contributed by atoms with Crippen molar-refractivity contribution in [1.29, 1.82) is 0 Å². The number of rotatable bonds is 3. The Hall–Kier alpha value is -1.82. The van der Waals surface area contributed by atoms with Crippen LogP contribution < -0.4 is 5.73 Å². The molecule has 0 saturated carbocycles. The second kappa shape index (κ2) is 4.14. The summed E-state index contributed by atoms with van der Waals surface area (Å²) in [6, 6.07) is 2.26. The Morgan fingerprint density at radius 3 is 2.67 bits per heavy atom. The molecule has 80 valence electrons. The average molecular weight is 212 g/mol. The van der Waals surface area contributed by atoms with Crippen molar-refractivity contribution in [3.8, 4) is 0 Å². The summed E-state index contributed by atoms with van der Waals surface area (Å²) in [6.07, 6.45) is 0. The van der Waals surface area contributed by atoms with E-state index >= 15 is 0 Å². The van der Waals surface area contributed by atoms with Gasteiger partial charge in [-0.05, 0) is 13.0 Å². The summed E-state index contributed by atoms with van der Waals surface area (Å²) in [5.74, 6) is -1.70. The molecule has 0 aliphatic heterocycles. The first-order valence-electron chi connectivity index (χ1n) is 4.18. The number of carbonyl (C=O) groups excluding carboxylic acids is 1. The van der Waals surface area contributed by atoms with E-state index < -0.39 is 33.8 Å². The van der Waals surface area contributed by atoms with Crippen molar-refractivity contribution in [3.63, 3.8) is 0 Å². The van der Waals surface area contributed by atoms with Crippen LogP contribution in [0.4, 0.5) is 10.1 Å². The van der Waals surface area contributed by atoms with Gasteiger partial charge in [-0.25, -0.2) is 4.39 Å².